The van der Waals surface area contributed by atoms with Gasteiger partial charge < -0.3 is 14.4 Å². The van der Waals surface area contributed by atoms with Crippen LogP contribution in [0.3, 0.4) is 0 Å². The third-order valence-electron chi connectivity index (χ3n) is 1.68. The van der Waals surface area contributed by atoms with Crippen molar-refractivity contribution < 1.29 is 4.42 Å². The lowest BCUT2D eigenvalue weighted by Crippen LogP contribution is -1.76. The van der Waals surface area contributed by atoms with Gasteiger partial charge in [-0.2, -0.15) is 0 Å². The van der Waals surface area contributed by atoms with E-state index in [4.69, 9.17) is 16.6 Å². The lowest BCUT2D eigenvalue weighted by molar-refractivity contribution is 0.580. The van der Waals surface area contributed by atoms with Crippen LogP contribution in [0.25, 0.3) is 11.5 Å². The number of hydrogen-bond acceptors (Lipinski definition) is 2. The van der Waals surface area contributed by atoms with Gasteiger partial charge in [0, 0.05) is 5.69 Å². The van der Waals surface area contributed by atoms with Gasteiger partial charge in [0.1, 0.15) is 5.69 Å². The van der Waals surface area contributed by atoms with Gasteiger partial charge in [0.15, 0.2) is 10.5 Å². The number of nitrogens with one attached hydrogen (secondary N) is 2. The van der Waals surface area contributed by atoms with E-state index in [2.05, 4.69) is 9.97 Å². The molecule has 2 heterocycles. The standard InChI is InChI=1S/C8H8N2OS/c1-5-7(10-8(12)9-5)6-3-2-4-11-6/h2-4H,1H3,(H2,9,10,12). The zero-order chi connectivity index (χ0) is 8.55. The molecule has 2 rings (SSSR count). The Morgan fingerprint density at radius 3 is 2.75 bits per heavy atom. The smallest absolute Gasteiger partial charge is 0.175 e. The Hall–Kier alpha value is -1.29. The van der Waals surface area contributed by atoms with Gasteiger partial charge in [-0.25, -0.2) is 0 Å². The highest BCUT2D eigenvalue weighted by Gasteiger charge is 2.05. The highest BCUT2D eigenvalue weighted by molar-refractivity contribution is 7.71. The minimum absolute atomic E-state index is 0.624. The van der Waals surface area contributed by atoms with Gasteiger partial charge in [0.25, 0.3) is 0 Å². The van der Waals surface area contributed by atoms with Crippen LogP contribution in [-0.4, -0.2) is 9.97 Å². The molecule has 0 spiro atoms. The Morgan fingerprint density at radius 2 is 2.25 bits per heavy atom. The average molecular weight is 180 g/mol. The lowest BCUT2D eigenvalue weighted by atomic mass is 10.3. The van der Waals surface area contributed by atoms with E-state index in [0.717, 1.165) is 17.1 Å². The second-order valence-corrected chi connectivity index (χ2v) is 2.96. The first-order chi connectivity index (χ1) is 5.77. The van der Waals surface area contributed by atoms with Crippen LogP contribution in [0.2, 0.25) is 0 Å². The average Bonchev–Trinajstić information content (AvgIpc) is 2.58. The van der Waals surface area contributed by atoms with Gasteiger partial charge in [-0.05, 0) is 31.3 Å². The predicted molar refractivity (Wildman–Crippen MR) is 48.4 cm³/mol. The molecular weight excluding hydrogens is 172 g/mol. The van der Waals surface area contributed by atoms with E-state index in [9.17, 15) is 0 Å². The lowest BCUT2D eigenvalue weighted by Gasteiger charge is -1.91. The summed E-state index contributed by atoms with van der Waals surface area (Å²) in [5, 5.41) is 0. The number of furan rings is 1. The highest BCUT2D eigenvalue weighted by atomic mass is 32.1. The van der Waals surface area contributed by atoms with E-state index in [0.29, 0.717) is 4.77 Å². The number of hydrogen-bond donors (Lipinski definition) is 2. The van der Waals surface area contributed by atoms with Crippen molar-refractivity contribution in [3.8, 4) is 11.5 Å². The van der Waals surface area contributed by atoms with Gasteiger partial charge in [0.2, 0.25) is 0 Å². The van der Waals surface area contributed by atoms with Crippen LogP contribution in [0.15, 0.2) is 22.8 Å². The number of aromatic amines is 2. The fourth-order valence-electron chi connectivity index (χ4n) is 1.14. The van der Waals surface area contributed by atoms with Gasteiger partial charge >= 0.3 is 0 Å². The molecule has 0 aliphatic heterocycles. The van der Waals surface area contributed by atoms with Crippen LogP contribution in [0, 0.1) is 11.7 Å². The SMILES string of the molecule is Cc1[nH]c(=S)[nH]c1-c1ccco1. The summed E-state index contributed by atoms with van der Waals surface area (Å²) in [7, 11) is 0. The maximum atomic E-state index is 5.22. The Balaban J connectivity index is 2.61. The second-order valence-electron chi connectivity index (χ2n) is 2.56. The first-order valence-electron chi connectivity index (χ1n) is 3.60. The first-order valence-corrected chi connectivity index (χ1v) is 4.01. The van der Waals surface area contributed by atoms with E-state index in [-0.39, 0.29) is 0 Å². The summed E-state index contributed by atoms with van der Waals surface area (Å²) >= 11 is 4.94. The Morgan fingerprint density at radius 1 is 1.42 bits per heavy atom. The summed E-state index contributed by atoms with van der Waals surface area (Å²) in [5.74, 6) is 0.805. The van der Waals surface area contributed by atoms with Crippen LogP contribution in [-0.2, 0) is 0 Å². The molecule has 4 heteroatoms. The van der Waals surface area contributed by atoms with Crippen molar-refractivity contribution in [3.63, 3.8) is 0 Å². The van der Waals surface area contributed by atoms with Gasteiger partial charge in [-0.3, -0.25) is 0 Å². The van der Waals surface area contributed by atoms with Crippen molar-refractivity contribution in [1.82, 2.24) is 9.97 Å². The summed E-state index contributed by atoms with van der Waals surface area (Å²) < 4.78 is 5.84. The molecule has 0 bridgehead atoms. The van der Waals surface area contributed by atoms with Crippen molar-refractivity contribution >= 4 is 12.2 Å². The summed E-state index contributed by atoms with van der Waals surface area (Å²) in [6, 6.07) is 3.74. The fraction of sp³-hybridized carbons (Fsp3) is 0.125. The Labute approximate surface area is 74.4 Å². The minimum Gasteiger partial charge on any atom is -0.463 e. The van der Waals surface area contributed by atoms with E-state index >= 15 is 0 Å². The molecular formula is C8H8N2OS. The molecule has 3 nitrogen and oxygen atoms in total. The van der Waals surface area contributed by atoms with Crippen LogP contribution in [0.1, 0.15) is 5.69 Å². The molecule has 0 amide bonds. The summed E-state index contributed by atoms with van der Waals surface area (Å²) in [6.07, 6.45) is 1.64. The molecule has 0 saturated carbocycles. The molecule has 62 valence electrons. The molecule has 2 aromatic rings. The zero-order valence-electron chi connectivity index (χ0n) is 6.55. The van der Waals surface area contributed by atoms with Gasteiger partial charge in [0.05, 0.1) is 6.26 Å². The molecule has 2 N–H and O–H groups in total. The largest absolute Gasteiger partial charge is 0.463 e. The molecule has 0 aliphatic carbocycles. The van der Waals surface area contributed by atoms with Gasteiger partial charge in [-0.15, -0.1) is 0 Å². The number of imidazole rings is 1. The number of aromatic nitrogens is 2. The second kappa shape index (κ2) is 2.64. The summed E-state index contributed by atoms with van der Waals surface area (Å²) in [4.78, 5) is 6.01. The van der Waals surface area contributed by atoms with Crippen LogP contribution < -0.4 is 0 Å². The quantitative estimate of drug-likeness (QED) is 0.662. The zero-order valence-corrected chi connectivity index (χ0v) is 7.37. The van der Waals surface area contributed by atoms with Crippen LogP contribution >= 0.6 is 12.2 Å². The van der Waals surface area contributed by atoms with E-state index in [1.807, 2.05) is 19.1 Å². The molecule has 0 unspecified atom stereocenters. The Bertz CT molecular complexity index is 424. The molecule has 0 atom stereocenters. The molecule has 0 saturated heterocycles. The first kappa shape index (κ1) is 7.36. The third kappa shape index (κ3) is 1.10. The van der Waals surface area contributed by atoms with Crippen molar-refractivity contribution in [2.45, 2.75) is 6.92 Å². The number of H-pyrrole nitrogens is 2. The van der Waals surface area contributed by atoms with Crippen LogP contribution in [0.5, 0.6) is 0 Å². The van der Waals surface area contributed by atoms with Gasteiger partial charge in [-0.1, -0.05) is 0 Å². The molecule has 0 aromatic carbocycles. The van der Waals surface area contributed by atoms with E-state index in [1.165, 1.54) is 0 Å². The molecule has 0 radical (unpaired) electrons. The minimum atomic E-state index is 0.624. The Kier molecular flexibility index (Phi) is 1.62. The maximum Gasteiger partial charge on any atom is 0.175 e. The molecule has 0 fully saturated rings. The normalized spacial score (nSPS) is 10.4. The number of aryl methyl sites for hydroxylation is 1. The van der Waals surface area contributed by atoms with E-state index in [1.54, 1.807) is 6.26 Å². The monoisotopic (exact) mass is 180 g/mol. The fourth-order valence-corrected chi connectivity index (χ4v) is 1.39. The van der Waals surface area contributed by atoms with E-state index < -0.39 is 0 Å². The number of rotatable bonds is 1. The summed E-state index contributed by atoms with van der Waals surface area (Å²) in [5.41, 5.74) is 1.92. The van der Waals surface area contributed by atoms with Crippen molar-refractivity contribution in [3.05, 3.63) is 28.9 Å². The van der Waals surface area contributed by atoms with Crippen molar-refractivity contribution in [2.75, 3.05) is 0 Å². The molecule has 0 aliphatic rings. The van der Waals surface area contributed by atoms with Crippen molar-refractivity contribution in [1.29, 1.82) is 0 Å². The predicted octanol–water partition coefficient (Wildman–Crippen LogP) is 2.64. The molecule has 2 aromatic heterocycles. The topological polar surface area (TPSA) is 44.7 Å². The van der Waals surface area contributed by atoms with Crippen molar-refractivity contribution in [2.24, 2.45) is 0 Å². The maximum absolute atomic E-state index is 5.22. The van der Waals surface area contributed by atoms with Crippen LogP contribution in [0.4, 0.5) is 0 Å². The molecule has 12 heavy (non-hydrogen) atoms. The third-order valence-corrected chi connectivity index (χ3v) is 1.89. The summed E-state index contributed by atoms with van der Waals surface area (Å²) in [6.45, 7) is 1.95. The highest BCUT2D eigenvalue weighted by Crippen LogP contribution is 2.19.